The average molecular weight is 255 g/mol. The summed E-state index contributed by atoms with van der Waals surface area (Å²) in [6.07, 6.45) is 4.18. The van der Waals surface area contributed by atoms with Crippen LogP contribution in [0, 0.1) is 0 Å². The molecule has 0 aromatic heterocycles. The number of aryl methyl sites for hydroxylation is 1. The van der Waals surface area contributed by atoms with E-state index in [1.807, 2.05) is 24.3 Å². The third-order valence-corrected chi connectivity index (χ3v) is 2.48. The molecule has 1 nitrogen and oxygen atoms in total. The Hall–Kier alpha value is -0.600. The molecular formula is C12H15BrO. The molecule has 14 heavy (non-hydrogen) atoms. The average Bonchev–Trinajstić information content (AvgIpc) is 2.25. The standard InChI is InChI=1S/C12H15BrO/c13-10-4-7-12(14)9-8-11-5-2-1-3-6-11/h1-6,10,12,14H,7-9H2/b10-4+. The monoisotopic (exact) mass is 254 g/mol. The molecule has 0 fully saturated rings. The van der Waals surface area contributed by atoms with Crippen molar-refractivity contribution in [2.75, 3.05) is 0 Å². The molecule has 0 saturated carbocycles. The van der Waals surface area contributed by atoms with Crippen molar-refractivity contribution in [3.8, 4) is 0 Å². The summed E-state index contributed by atoms with van der Waals surface area (Å²) in [5, 5.41) is 9.57. The van der Waals surface area contributed by atoms with Gasteiger partial charge in [-0.1, -0.05) is 52.3 Å². The van der Waals surface area contributed by atoms with E-state index in [9.17, 15) is 5.11 Å². The van der Waals surface area contributed by atoms with Crippen LogP contribution in [-0.4, -0.2) is 11.2 Å². The summed E-state index contributed by atoms with van der Waals surface area (Å²) in [5.41, 5.74) is 1.29. The quantitative estimate of drug-likeness (QED) is 0.856. The Balaban J connectivity index is 2.27. The third-order valence-electron chi connectivity index (χ3n) is 2.11. The van der Waals surface area contributed by atoms with Crippen molar-refractivity contribution in [3.63, 3.8) is 0 Å². The highest BCUT2D eigenvalue weighted by molar-refractivity contribution is 9.11. The lowest BCUT2D eigenvalue weighted by Gasteiger charge is -2.07. The van der Waals surface area contributed by atoms with Gasteiger partial charge in [-0.15, -0.1) is 0 Å². The molecule has 0 bridgehead atoms. The fourth-order valence-electron chi connectivity index (χ4n) is 1.30. The molecule has 1 rings (SSSR count). The fraction of sp³-hybridized carbons (Fsp3) is 0.333. The predicted octanol–water partition coefficient (Wildman–Crippen LogP) is 3.28. The maximum absolute atomic E-state index is 9.57. The zero-order valence-corrected chi connectivity index (χ0v) is 9.65. The fourth-order valence-corrected chi connectivity index (χ4v) is 1.52. The Kier molecular flexibility index (Phi) is 5.57. The highest BCUT2D eigenvalue weighted by Crippen LogP contribution is 2.07. The highest BCUT2D eigenvalue weighted by atomic mass is 79.9. The van der Waals surface area contributed by atoms with Gasteiger partial charge in [0.1, 0.15) is 0 Å². The lowest BCUT2D eigenvalue weighted by atomic mass is 10.1. The SMILES string of the molecule is OC(C/C=C/Br)CCc1ccccc1. The van der Waals surface area contributed by atoms with E-state index in [-0.39, 0.29) is 6.10 Å². The minimum absolute atomic E-state index is 0.232. The summed E-state index contributed by atoms with van der Waals surface area (Å²) in [5.74, 6) is 0. The Morgan fingerprint density at radius 2 is 2.00 bits per heavy atom. The van der Waals surface area contributed by atoms with Crippen LogP contribution in [-0.2, 0) is 6.42 Å². The van der Waals surface area contributed by atoms with Crippen LogP contribution >= 0.6 is 15.9 Å². The van der Waals surface area contributed by atoms with E-state index in [0.29, 0.717) is 0 Å². The van der Waals surface area contributed by atoms with Crippen LogP contribution in [0.2, 0.25) is 0 Å². The maximum Gasteiger partial charge on any atom is 0.0578 e. The van der Waals surface area contributed by atoms with Crippen LogP contribution in [0.25, 0.3) is 0 Å². The third kappa shape index (κ3) is 4.58. The first-order valence-corrected chi connectivity index (χ1v) is 5.71. The number of hydrogen-bond acceptors (Lipinski definition) is 1. The van der Waals surface area contributed by atoms with Crippen LogP contribution in [0.4, 0.5) is 0 Å². The van der Waals surface area contributed by atoms with Crippen molar-refractivity contribution < 1.29 is 5.11 Å². The summed E-state index contributed by atoms with van der Waals surface area (Å²) in [4.78, 5) is 1.79. The maximum atomic E-state index is 9.57. The summed E-state index contributed by atoms with van der Waals surface area (Å²) in [7, 11) is 0. The van der Waals surface area contributed by atoms with Crippen LogP contribution in [0.5, 0.6) is 0 Å². The normalized spacial score (nSPS) is 13.3. The van der Waals surface area contributed by atoms with Crippen LogP contribution in [0.1, 0.15) is 18.4 Å². The number of hydrogen-bond donors (Lipinski definition) is 1. The summed E-state index contributed by atoms with van der Waals surface area (Å²) >= 11 is 3.18. The number of benzene rings is 1. The molecule has 0 saturated heterocycles. The summed E-state index contributed by atoms with van der Waals surface area (Å²) in [6.45, 7) is 0. The van der Waals surface area contributed by atoms with E-state index in [0.717, 1.165) is 19.3 Å². The van der Waals surface area contributed by atoms with Gasteiger partial charge >= 0.3 is 0 Å². The van der Waals surface area contributed by atoms with Crippen molar-refractivity contribution in [3.05, 3.63) is 47.0 Å². The van der Waals surface area contributed by atoms with E-state index in [4.69, 9.17) is 0 Å². The number of aliphatic hydroxyl groups excluding tert-OH is 1. The lowest BCUT2D eigenvalue weighted by Crippen LogP contribution is -2.06. The van der Waals surface area contributed by atoms with Gasteiger partial charge in [0.05, 0.1) is 6.10 Å². The smallest absolute Gasteiger partial charge is 0.0578 e. The molecule has 0 amide bonds. The predicted molar refractivity (Wildman–Crippen MR) is 63.5 cm³/mol. The molecule has 0 radical (unpaired) electrons. The molecule has 1 atom stereocenters. The number of rotatable bonds is 5. The minimum Gasteiger partial charge on any atom is -0.393 e. The van der Waals surface area contributed by atoms with Crippen LogP contribution < -0.4 is 0 Å². The highest BCUT2D eigenvalue weighted by Gasteiger charge is 2.01. The largest absolute Gasteiger partial charge is 0.393 e. The second kappa shape index (κ2) is 6.80. The van der Waals surface area contributed by atoms with Crippen molar-refractivity contribution in [2.45, 2.75) is 25.4 Å². The Labute approximate surface area is 93.6 Å². The molecule has 0 spiro atoms. The van der Waals surface area contributed by atoms with E-state index < -0.39 is 0 Å². The van der Waals surface area contributed by atoms with Crippen molar-refractivity contribution in [2.24, 2.45) is 0 Å². The Bertz CT molecular complexity index is 269. The zero-order valence-electron chi connectivity index (χ0n) is 8.07. The zero-order chi connectivity index (χ0) is 10.2. The van der Waals surface area contributed by atoms with E-state index in [2.05, 4.69) is 28.1 Å². The van der Waals surface area contributed by atoms with Crippen LogP contribution in [0.3, 0.4) is 0 Å². The number of halogens is 1. The first-order valence-electron chi connectivity index (χ1n) is 4.80. The minimum atomic E-state index is -0.232. The van der Waals surface area contributed by atoms with Crippen molar-refractivity contribution in [1.82, 2.24) is 0 Å². The van der Waals surface area contributed by atoms with Crippen molar-refractivity contribution in [1.29, 1.82) is 0 Å². The molecular weight excluding hydrogens is 240 g/mol. The topological polar surface area (TPSA) is 20.2 Å². The van der Waals surface area contributed by atoms with Gasteiger partial charge < -0.3 is 5.11 Å². The van der Waals surface area contributed by atoms with Gasteiger partial charge in [0.25, 0.3) is 0 Å². The molecule has 0 aliphatic heterocycles. The summed E-state index contributed by atoms with van der Waals surface area (Å²) in [6, 6.07) is 10.2. The van der Waals surface area contributed by atoms with Gasteiger partial charge in [-0.25, -0.2) is 0 Å². The molecule has 1 aromatic carbocycles. The van der Waals surface area contributed by atoms with E-state index in [1.54, 1.807) is 4.99 Å². The Morgan fingerprint density at radius 3 is 2.64 bits per heavy atom. The van der Waals surface area contributed by atoms with Crippen LogP contribution in [0.15, 0.2) is 41.4 Å². The second-order valence-corrected chi connectivity index (χ2v) is 3.80. The Morgan fingerprint density at radius 1 is 1.29 bits per heavy atom. The molecule has 1 aromatic rings. The lowest BCUT2D eigenvalue weighted by molar-refractivity contribution is 0.168. The van der Waals surface area contributed by atoms with E-state index in [1.165, 1.54) is 5.56 Å². The molecule has 1 unspecified atom stereocenters. The van der Waals surface area contributed by atoms with Gasteiger partial charge in [-0.3, -0.25) is 0 Å². The first-order chi connectivity index (χ1) is 6.83. The van der Waals surface area contributed by atoms with Gasteiger partial charge in [-0.05, 0) is 29.8 Å². The first kappa shape index (κ1) is 11.5. The molecule has 76 valence electrons. The van der Waals surface area contributed by atoms with Crippen molar-refractivity contribution >= 4 is 15.9 Å². The number of aliphatic hydroxyl groups is 1. The van der Waals surface area contributed by atoms with Gasteiger partial charge in [-0.2, -0.15) is 0 Å². The van der Waals surface area contributed by atoms with Gasteiger partial charge in [0.2, 0.25) is 0 Å². The van der Waals surface area contributed by atoms with E-state index >= 15 is 0 Å². The molecule has 0 heterocycles. The molecule has 0 aliphatic carbocycles. The molecule has 0 aliphatic rings. The summed E-state index contributed by atoms with van der Waals surface area (Å²) < 4.78 is 0. The van der Waals surface area contributed by atoms with Gasteiger partial charge in [0, 0.05) is 0 Å². The van der Waals surface area contributed by atoms with Gasteiger partial charge in [0.15, 0.2) is 0 Å². The molecule has 2 heteroatoms. The molecule has 1 N–H and O–H groups in total. The second-order valence-electron chi connectivity index (χ2n) is 3.28.